The Kier molecular flexibility index (Phi) is 4.97. The predicted octanol–water partition coefficient (Wildman–Crippen LogP) is 0.0994. The number of hydrogen-bond acceptors (Lipinski definition) is 8. The third kappa shape index (κ3) is 3.24. The van der Waals surface area contributed by atoms with Gasteiger partial charge in [-0.15, -0.1) is 0 Å². The van der Waals surface area contributed by atoms with Crippen molar-refractivity contribution in [3.63, 3.8) is 0 Å². The number of hydrogen-bond donors (Lipinski definition) is 0. The summed E-state index contributed by atoms with van der Waals surface area (Å²) in [6.45, 7) is 0.132. The number of benzene rings is 1. The van der Waals surface area contributed by atoms with Gasteiger partial charge in [0.05, 0.1) is 4.90 Å². The van der Waals surface area contributed by atoms with Crippen molar-refractivity contribution in [3.8, 4) is 0 Å². The number of sulfonamides is 1. The van der Waals surface area contributed by atoms with Gasteiger partial charge in [0.25, 0.3) is 0 Å². The van der Waals surface area contributed by atoms with Crippen LogP contribution in [0.3, 0.4) is 0 Å². The molecular weight excluding hydrogens is 336 g/mol. The van der Waals surface area contributed by atoms with E-state index in [-0.39, 0.29) is 9.20 Å². The Balaban J connectivity index is 3.29. The molecule has 12 nitrogen and oxygen atoms in total. The van der Waals surface area contributed by atoms with Crippen LogP contribution in [0.5, 0.6) is 0 Å². The Hall–Kier alpha value is -2.67. The molecule has 1 aromatic carbocycles. The van der Waals surface area contributed by atoms with Crippen molar-refractivity contribution in [1.29, 1.82) is 0 Å². The molecule has 0 radical (unpaired) electrons. The van der Waals surface area contributed by atoms with Crippen LogP contribution in [0.4, 0.5) is 0 Å². The second-order valence-electron chi connectivity index (χ2n) is 4.62. The highest BCUT2D eigenvalue weighted by atomic mass is 32.2. The second kappa shape index (κ2) is 6.21. The zero-order valence-corrected chi connectivity index (χ0v) is 12.8. The van der Waals surface area contributed by atoms with Crippen LogP contribution in [0.2, 0.25) is 0 Å². The zero-order chi connectivity index (χ0) is 18.0. The summed E-state index contributed by atoms with van der Waals surface area (Å²) in [7, 11) is -3.58. The standard InChI is InChI=1S/C10H12N4O8S/c1-8-3-5-9(6-4-8)23(21,22)11(2)7-10(12(15)16,13(17)18)14(19)20/h3-6H,7H2,1-2H3. The zero-order valence-electron chi connectivity index (χ0n) is 12.0. The van der Waals surface area contributed by atoms with Gasteiger partial charge in [-0.2, -0.15) is 4.31 Å². The average molecular weight is 348 g/mol. The van der Waals surface area contributed by atoms with E-state index in [1.165, 1.54) is 24.3 Å². The third-order valence-corrected chi connectivity index (χ3v) is 4.86. The monoisotopic (exact) mass is 348 g/mol. The van der Waals surface area contributed by atoms with E-state index in [9.17, 15) is 38.8 Å². The van der Waals surface area contributed by atoms with Crippen LogP contribution in [0.15, 0.2) is 29.2 Å². The first-order valence-corrected chi connectivity index (χ1v) is 7.36. The summed E-state index contributed by atoms with van der Waals surface area (Å²) >= 11 is 0. The summed E-state index contributed by atoms with van der Waals surface area (Å²) in [6.07, 6.45) is 0. The lowest BCUT2D eigenvalue weighted by Gasteiger charge is -2.18. The molecule has 0 saturated carbocycles. The molecule has 0 heterocycles. The molecule has 0 aliphatic carbocycles. The summed E-state index contributed by atoms with van der Waals surface area (Å²) in [6, 6.07) is 5.27. The van der Waals surface area contributed by atoms with Gasteiger partial charge in [-0.05, 0) is 19.1 Å². The number of nitro groups is 3. The summed E-state index contributed by atoms with van der Waals surface area (Å²) in [5.74, 6) is -3.88. The first kappa shape index (κ1) is 18.4. The van der Waals surface area contributed by atoms with Crippen molar-refractivity contribution in [2.45, 2.75) is 17.6 Å². The molecule has 0 aromatic heterocycles. The molecule has 0 unspecified atom stereocenters. The largest absolute Gasteiger partial charge is 0.713 e. The molecule has 0 aliphatic rings. The fraction of sp³-hybridized carbons (Fsp3) is 0.400. The predicted molar refractivity (Wildman–Crippen MR) is 74.7 cm³/mol. The number of aryl methyl sites for hydroxylation is 1. The fourth-order valence-corrected chi connectivity index (χ4v) is 2.83. The van der Waals surface area contributed by atoms with E-state index >= 15 is 0 Å². The molecule has 0 N–H and O–H groups in total. The van der Waals surface area contributed by atoms with Crippen molar-refractivity contribution >= 4 is 10.0 Å². The second-order valence-corrected chi connectivity index (χ2v) is 6.66. The van der Waals surface area contributed by atoms with E-state index in [1.807, 2.05) is 0 Å². The highest BCUT2D eigenvalue weighted by Crippen LogP contribution is 2.20. The van der Waals surface area contributed by atoms with E-state index in [0.717, 1.165) is 12.6 Å². The normalized spacial score (nSPS) is 12.1. The Bertz CT molecular complexity index is 709. The first-order valence-electron chi connectivity index (χ1n) is 5.92. The van der Waals surface area contributed by atoms with E-state index < -0.39 is 37.1 Å². The summed E-state index contributed by atoms with van der Waals surface area (Å²) in [5.41, 5.74) is 0.738. The van der Waals surface area contributed by atoms with Crippen LogP contribution >= 0.6 is 0 Å². The Morgan fingerprint density at radius 3 is 1.74 bits per heavy atom. The quantitative estimate of drug-likeness (QED) is 0.380. The molecule has 0 amide bonds. The van der Waals surface area contributed by atoms with Crippen LogP contribution in [0, 0.1) is 37.3 Å². The van der Waals surface area contributed by atoms with Gasteiger partial charge in [0.1, 0.15) is 0 Å². The average Bonchev–Trinajstić information content (AvgIpc) is 2.43. The number of nitrogens with zero attached hydrogens (tertiary/aromatic N) is 4. The summed E-state index contributed by atoms with van der Waals surface area (Å²) < 4.78 is 24.7. The minimum absolute atomic E-state index is 0.214. The summed E-state index contributed by atoms with van der Waals surface area (Å²) in [4.78, 5) is 27.1. The minimum Gasteiger partial charge on any atom is -0.253 e. The SMILES string of the molecule is Cc1ccc(S(=O)(=O)N(C)CC([N+](=O)[O-])([N+](=O)[O-])[N+](=O)[O-])cc1. The van der Waals surface area contributed by atoms with Crippen LogP contribution in [-0.2, 0) is 10.0 Å². The molecule has 0 aliphatic heterocycles. The van der Waals surface area contributed by atoms with Crippen LogP contribution in [-0.4, -0.2) is 46.9 Å². The van der Waals surface area contributed by atoms with E-state index in [2.05, 4.69) is 0 Å². The molecule has 0 bridgehead atoms. The maximum absolute atomic E-state index is 12.2. The lowest BCUT2D eigenvalue weighted by molar-refractivity contribution is -0.967. The molecule has 0 saturated heterocycles. The lowest BCUT2D eigenvalue weighted by Crippen LogP contribution is -2.60. The molecule has 0 spiro atoms. The molecule has 0 fully saturated rings. The van der Waals surface area contributed by atoms with Gasteiger partial charge in [-0.25, -0.2) is 8.42 Å². The molecular formula is C10H12N4O8S. The maximum Gasteiger partial charge on any atom is 0.713 e. The van der Waals surface area contributed by atoms with E-state index in [4.69, 9.17) is 0 Å². The van der Waals surface area contributed by atoms with Crippen molar-refractivity contribution < 1.29 is 23.2 Å². The van der Waals surface area contributed by atoms with Crippen LogP contribution in [0.1, 0.15) is 5.56 Å². The van der Waals surface area contributed by atoms with Crippen LogP contribution < -0.4 is 0 Å². The van der Waals surface area contributed by atoms with Gasteiger partial charge in [0.2, 0.25) is 16.6 Å². The first-order chi connectivity index (χ1) is 10.5. The van der Waals surface area contributed by atoms with Crippen molar-refractivity contribution in [1.82, 2.24) is 4.31 Å². The lowest BCUT2D eigenvalue weighted by atomic mass is 10.2. The molecule has 23 heavy (non-hydrogen) atoms. The molecule has 13 heteroatoms. The van der Waals surface area contributed by atoms with E-state index in [1.54, 1.807) is 6.92 Å². The molecule has 1 aromatic rings. The Morgan fingerprint density at radius 2 is 1.39 bits per heavy atom. The van der Waals surface area contributed by atoms with Crippen molar-refractivity contribution in [3.05, 3.63) is 60.2 Å². The Morgan fingerprint density at radius 1 is 1.00 bits per heavy atom. The Labute approximate surface area is 129 Å². The molecule has 126 valence electrons. The fourth-order valence-electron chi connectivity index (χ4n) is 1.65. The van der Waals surface area contributed by atoms with E-state index in [0.29, 0.717) is 0 Å². The topological polar surface area (TPSA) is 167 Å². The molecule has 0 atom stereocenters. The summed E-state index contributed by atoms with van der Waals surface area (Å²) in [5, 5.41) is 32.5. The highest BCUT2D eigenvalue weighted by molar-refractivity contribution is 7.89. The van der Waals surface area contributed by atoms with Gasteiger partial charge >= 0.3 is 5.79 Å². The van der Waals surface area contributed by atoms with Gasteiger partial charge in [0.15, 0.2) is 14.8 Å². The molecule has 1 rings (SSSR count). The van der Waals surface area contributed by atoms with Gasteiger partial charge in [-0.3, -0.25) is 30.3 Å². The van der Waals surface area contributed by atoms with Crippen molar-refractivity contribution in [2.75, 3.05) is 13.6 Å². The van der Waals surface area contributed by atoms with Gasteiger partial charge in [-0.1, -0.05) is 17.7 Å². The third-order valence-electron chi connectivity index (χ3n) is 3.04. The smallest absolute Gasteiger partial charge is 0.253 e. The maximum atomic E-state index is 12.2. The number of likely N-dealkylation sites (N-methyl/N-ethyl adjacent to an activating group) is 1. The minimum atomic E-state index is -4.37. The number of rotatable bonds is 7. The van der Waals surface area contributed by atoms with Gasteiger partial charge in [0, 0.05) is 7.05 Å². The van der Waals surface area contributed by atoms with Gasteiger partial charge < -0.3 is 0 Å². The van der Waals surface area contributed by atoms with Crippen molar-refractivity contribution in [2.24, 2.45) is 0 Å². The van der Waals surface area contributed by atoms with Crippen LogP contribution in [0.25, 0.3) is 0 Å². The highest BCUT2D eigenvalue weighted by Gasteiger charge is 2.71.